The first-order valence-corrected chi connectivity index (χ1v) is 7.96. The van der Waals surface area contributed by atoms with Gasteiger partial charge in [0, 0.05) is 12.1 Å². The molecule has 0 bridgehead atoms. The van der Waals surface area contributed by atoms with E-state index in [0.29, 0.717) is 13.2 Å². The zero-order chi connectivity index (χ0) is 17.5. The average molecular weight is 334 g/mol. The number of hydrogen-bond donors (Lipinski definition) is 1. The van der Waals surface area contributed by atoms with Gasteiger partial charge in [-0.2, -0.15) is 0 Å². The Morgan fingerprint density at radius 2 is 2.00 bits per heavy atom. The van der Waals surface area contributed by atoms with Gasteiger partial charge in [-0.25, -0.2) is 4.79 Å². The number of amides is 2. The predicted octanol–water partition coefficient (Wildman–Crippen LogP) is 1.78. The van der Waals surface area contributed by atoms with Gasteiger partial charge in [0.1, 0.15) is 6.10 Å². The highest BCUT2D eigenvalue weighted by Crippen LogP contribution is 2.21. The molecule has 1 atom stereocenters. The lowest BCUT2D eigenvalue weighted by Gasteiger charge is -2.13. The minimum absolute atomic E-state index is 0.0413. The summed E-state index contributed by atoms with van der Waals surface area (Å²) in [5.74, 6) is -0.668. The molecule has 1 aliphatic rings. The number of carbonyl (C=O) groups excluding carboxylic acids is 3. The third kappa shape index (κ3) is 4.97. The molecule has 7 nitrogen and oxygen atoms in total. The van der Waals surface area contributed by atoms with Crippen molar-refractivity contribution in [3.05, 3.63) is 29.8 Å². The van der Waals surface area contributed by atoms with E-state index in [0.717, 1.165) is 11.3 Å². The maximum atomic E-state index is 11.9. The number of rotatable bonds is 7. The smallest absolute Gasteiger partial charge is 0.414 e. The van der Waals surface area contributed by atoms with Crippen LogP contribution in [0.25, 0.3) is 0 Å². The van der Waals surface area contributed by atoms with Gasteiger partial charge in [-0.15, -0.1) is 0 Å². The minimum atomic E-state index is -0.426. The van der Waals surface area contributed by atoms with Crippen LogP contribution < -0.4 is 10.2 Å². The van der Waals surface area contributed by atoms with Gasteiger partial charge in [0.05, 0.1) is 26.1 Å². The first kappa shape index (κ1) is 17.8. The molecule has 0 aromatic heterocycles. The van der Waals surface area contributed by atoms with E-state index in [1.165, 1.54) is 4.90 Å². The zero-order valence-electron chi connectivity index (χ0n) is 13.9. The molecule has 130 valence electrons. The maximum absolute atomic E-state index is 11.9. The Kier molecular flexibility index (Phi) is 6.17. The molecule has 0 unspecified atom stereocenters. The van der Waals surface area contributed by atoms with Crippen LogP contribution in [-0.4, -0.2) is 43.8 Å². The zero-order valence-corrected chi connectivity index (χ0v) is 13.9. The Bertz CT molecular complexity index is 600. The number of nitrogens with zero attached hydrogens (tertiary/aromatic N) is 1. The summed E-state index contributed by atoms with van der Waals surface area (Å²) >= 11 is 0. The van der Waals surface area contributed by atoms with Gasteiger partial charge < -0.3 is 14.8 Å². The lowest BCUT2D eigenvalue weighted by molar-refractivity contribution is -0.144. The molecule has 0 radical (unpaired) electrons. The number of anilines is 1. The number of esters is 1. The van der Waals surface area contributed by atoms with E-state index in [-0.39, 0.29) is 25.3 Å². The van der Waals surface area contributed by atoms with Crippen LogP contribution in [-0.2, 0) is 19.1 Å². The van der Waals surface area contributed by atoms with E-state index in [1.54, 1.807) is 6.92 Å². The first-order chi connectivity index (χ1) is 11.5. The topological polar surface area (TPSA) is 84.9 Å². The van der Waals surface area contributed by atoms with E-state index >= 15 is 0 Å². The maximum Gasteiger partial charge on any atom is 0.414 e. The lowest BCUT2D eigenvalue weighted by atomic mass is 10.2. The molecular weight excluding hydrogens is 312 g/mol. The number of carbonyl (C=O) groups is 3. The highest BCUT2D eigenvalue weighted by atomic mass is 16.6. The van der Waals surface area contributed by atoms with Crippen LogP contribution in [0.5, 0.6) is 0 Å². The Morgan fingerprint density at radius 1 is 1.29 bits per heavy atom. The average Bonchev–Trinajstić information content (AvgIpc) is 2.93. The van der Waals surface area contributed by atoms with Crippen LogP contribution in [0.1, 0.15) is 25.3 Å². The molecule has 1 aliphatic heterocycles. The summed E-state index contributed by atoms with van der Waals surface area (Å²) in [6.45, 7) is 4.58. The standard InChI is InChI=1S/C17H22N2O5/c1-3-23-16(21)9-8-15(20)18-10-14-11-19(17(22)24-14)13-6-4-12(2)5-7-13/h4-7,14H,3,8-11H2,1-2H3,(H,18,20)/t14-/m1/s1. The fourth-order valence-electron chi connectivity index (χ4n) is 2.33. The van der Waals surface area contributed by atoms with Crippen LogP contribution in [0.15, 0.2) is 24.3 Å². The van der Waals surface area contributed by atoms with Crippen molar-refractivity contribution in [1.82, 2.24) is 5.32 Å². The molecule has 1 aromatic carbocycles. The van der Waals surface area contributed by atoms with Crippen LogP contribution >= 0.6 is 0 Å². The molecule has 1 N–H and O–H groups in total. The van der Waals surface area contributed by atoms with Gasteiger partial charge in [0.15, 0.2) is 0 Å². The molecule has 1 saturated heterocycles. The second-order valence-electron chi connectivity index (χ2n) is 5.56. The molecule has 0 spiro atoms. The summed E-state index contributed by atoms with van der Waals surface area (Å²) in [5, 5.41) is 2.67. The van der Waals surface area contributed by atoms with E-state index in [1.807, 2.05) is 31.2 Å². The quantitative estimate of drug-likeness (QED) is 0.768. The number of cyclic esters (lactones) is 1. The predicted molar refractivity (Wildman–Crippen MR) is 87.7 cm³/mol. The summed E-state index contributed by atoms with van der Waals surface area (Å²) < 4.78 is 10.0. The number of nitrogens with one attached hydrogen (secondary N) is 1. The van der Waals surface area contributed by atoms with Gasteiger partial charge >= 0.3 is 12.1 Å². The van der Waals surface area contributed by atoms with Crippen molar-refractivity contribution >= 4 is 23.7 Å². The van der Waals surface area contributed by atoms with Crippen molar-refractivity contribution in [3.8, 4) is 0 Å². The summed E-state index contributed by atoms with van der Waals surface area (Å²) in [6, 6.07) is 7.56. The van der Waals surface area contributed by atoms with Crippen molar-refractivity contribution in [3.63, 3.8) is 0 Å². The third-order valence-corrected chi connectivity index (χ3v) is 3.61. The summed E-state index contributed by atoms with van der Waals surface area (Å²) in [5.41, 5.74) is 1.87. The molecule has 1 fully saturated rings. The highest BCUT2D eigenvalue weighted by Gasteiger charge is 2.32. The Morgan fingerprint density at radius 3 is 2.67 bits per heavy atom. The largest absolute Gasteiger partial charge is 0.466 e. The van der Waals surface area contributed by atoms with Gasteiger partial charge in [0.25, 0.3) is 0 Å². The molecule has 7 heteroatoms. The van der Waals surface area contributed by atoms with E-state index in [9.17, 15) is 14.4 Å². The van der Waals surface area contributed by atoms with Gasteiger partial charge in [0.2, 0.25) is 5.91 Å². The molecule has 0 saturated carbocycles. The molecule has 24 heavy (non-hydrogen) atoms. The summed E-state index contributed by atoms with van der Waals surface area (Å²) in [4.78, 5) is 36.4. The number of benzene rings is 1. The van der Waals surface area contributed by atoms with Crippen molar-refractivity contribution in [2.45, 2.75) is 32.8 Å². The second-order valence-corrected chi connectivity index (χ2v) is 5.56. The van der Waals surface area contributed by atoms with Crippen LogP contribution in [0.2, 0.25) is 0 Å². The Balaban J connectivity index is 1.76. The highest BCUT2D eigenvalue weighted by molar-refractivity contribution is 5.89. The molecule has 1 aromatic rings. The summed E-state index contributed by atoms with van der Waals surface area (Å²) in [6.07, 6.45) is -0.740. The monoisotopic (exact) mass is 334 g/mol. The van der Waals surface area contributed by atoms with Crippen LogP contribution in [0, 0.1) is 6.92 Å². The normalized spacial score (nSPS) is 16.7. The lowest BCUT2D eigenvalue weighted by Crippen LogP contribution is -2.34. The van der Waals surface area contributed by atoms with Crippen LogP contribution in [0.4, 0.5) is 10.5 Å². The minimum Gasteiger partial charge on any atom is -0.466 e. The van der Waals surface area contributed by atoms with Gasteiger partial charge in [-0.3, -0.25) is 14.5 Å². The van der Waals surface area contributed by atoms with Crippen molar-refractivity contribution in [1.29, 1.82) is 0 Å². The SMILES string of the molecule is CCOC(=O)CCC(=O)NC[C@@H]1CN(c2ccc(C)cc2)C(=O)O1. The van der Waals surface area contributed by atoms with Gasteiger partial charge in [-0.05, 0) is 26.0 Å². The number of aryl methyl sites for hydroxylation is 1. The summed E-state index contributed by atoms with van der Waals surface area (Å²) in [7, 11) is 0. The Hall–Kier alpha value is -2.57. The molecule has 2 rings (SSSR count). The molecule has 2 amide bonds. The van der Waals surface area contributed by atoms with E-state index < -0.39 is 18.2 Å². The number of ether oxygens (including phenoxy) is 2. The van der Waals surface area contributed by atoms with Crippen LogP contribution in [0.3, 0.4) is 0 Å². The van der Waals surface area contributed by atoms with Crippen molar-refractivity contribution in [2.75, 3.05) is 24.6 Å². The second kappa shape index (κ2) is 8.33. The fourth-order valence-corrected chi connectivity index (χ4v) is 2.33. The third-order valence-electron chi connectivity index (χ3n) is 3.61. The first-order valence-electron chi connectivity index (χ1n) is 7.96. The van der Waals surface area contributed by atoms with Gasteiger partial charge in [-0.1, -0.05) is 17.7 Å². The fraction of sp³-hybridized carbons (Fsp3) is 0.471. The van der Waals surface area contributed by atoms with E-state index in [2.05, 4.69) is 5.32 Å². The van der Waals surface area contributed by atoms with Crippen molar-refractivity contribution in [2.24, 2.45) is 0 Å². The van der Waals surface area contributed by atoms with Crippen molar-refractivity contribution < 1.29 is 23.9 Å². The molecular formula is C17H22N2O5. The van der Waals surface area contributed by atoms with E-state index in [4.69, 9.17) is 9.47 Å². The molecule has 0 aliphatic carbocycles. The number of hydrogen-bond acceptors (Lipinski definition) is 5. The molecule has 1 heterocycles. The Labute approximate surface area is 140 Å².